The van der Waals surface area contributed by atoms with E-state index in [2.05, 4.69) is 20.0 Å². The Kier molecular flexibility index (Phi) is 9.63. The summed E-state index contributed by atoms with van der Waals surface area (Å²) in [7, 11) is -3.58. The molecule has 0 radical (unpaired) electrons. The van der Waals surface area contributed by atoms with E-state index in [4.69, 9.17) is 19.9 Å². The summed E-state index contributed by atoms with van der Waals surface area (Å²) < 4.78 is 34.5. The Morgan fingerprint density at radius 3 is 2.51 bits per heavy atom. The fourth-order valence-electron chi connectivity index (χ4n) is 4.15. The highest BCUT2D eigenvalue weighted by atomic mass is 31.2. The number of ether oxygens (including phenoxy) is 3. The lowest BCUT2D eigenvalue weighted by molar-refractivity contribution is -0.151. The second-order valence-electron chi connectivity index (χ2n) is 9.78. The van der Waals surface area contributed by atoms with Gasteiger partial charge in [0.05, 0.1) is 31.2 Å². The number of nitrogens with one attached hydrogen (secondary N) is 1. The summed E-state index contributed by atoms with van der Waals surface area (Å²) in [6.45, 7) is 11.2. The molecule has 0 aliphatic carbocycles. The Bertz CT molecular complexity index is 1140. The average molecular weight is 540 g/mol. The average Bonchev–Trinajstić information content (AvgIpc) is 3.46. The highest BCUT2D eigenvalue weighted by Gasteiger charge is 2.45. The quantitative estimate of drug-likeness (QED) is 0.299. The Hall–Kier alpha value is -2.60. The third kappa shape index (κ3) is 7.25. The maximum atomic E-state index is 14.4. The van der Waals surface area contributed by atoms with Crippen molar-refractivity contribution >= 4 is 36.4 Å². The molecule has 0 bridgehead atoms. The van der Waals surface area contributed by atoms with E-state index in [-0.39, 0.29) is 24.4 Å². The van der Waals surface area contributed by atoms with Crippen LogP contribution in [0, 0.1) is 0 Å². The van der Waals surface area contributed by atoms with Crippen LogP contribution in [0.5, 0.6) is 0 Å². The van der Waals surface area contributed by atoms with Gasteiger partial charge in [0.15, 0.2) is 11.5 Å². The Morgan fingerprint density at radius 1 is 1.14 bits per heavy atom. The van der Waals surface area contributed by atoms with Crippen molar-refractivity contribution < 1.29 is 28.4 Å². The van der Waals surface area contributed by atoms with Crippen LogP contribution in [0.25, 0.3) is 11.2 Å². The van der Waals surface area contributed by atoms with E-state index in [1.165, 1.54) is 6.33 Å². The van der Waals surface area contributed by atoms with Crippen molar-refractivity contribution in [2.24, 2.45) is 0 Å². The zero-order valence-corrected chi connectivity index (χ0v) is 23.2. The van der Waals surface area contributed by atoms with E-state index in [0.29, 0.717) is 37.1 Å². The lowest BCUT2D eigenvalue weighted by atomic mass is 10.2. The largest absolute Gasteiger partial charge is 0.462 e. The number of anilines is 1. The van der Waals surface area contributed by atoms with E-state index < -0.39 is 37.6 Å². The summed E-state index contributed by atoms with van der Waals surface area (Å²) in [4.78, 5) is 37.8. The number of nitrogens with two attached hydrogens (primary N) is 1. The lowest BCUT2D eigenvalue weighted by Gasteiger charge is -2.34. The van der Waals surface area contributed by atoms with Crippen LogP contribution in [0.1, 0.15) is 54.4 Å². The number of carbonyl (C=O) groups excluding carboxylic acids is 2. The Labute approximate surface area is 216 Å². The summed E-state index contributed by atoms with van der Waals surface area (Å²) in [5, 5.41) is 2.95. The van der Waals surface area contributed by atoms with Crippen molar-refractivity contribution in [3.05, 3.63) is 12.7 Å². The third-order valence-electron chi connectivity index (χ3n) is 5.78. The number of carbonyl (C=O) groups is 2. The number of nitrogens with zero attached hydrogens (tertiary/aromatic N) is 5. The van der Waals surface area contributed by atoms with Gasteiger partial charge in [-0.25, -0.2) is 24.7 Å². The molecule has 0 aromatic carbocycles. The molecule has 37 heavy (non-hydrogen) atoms. The van der Waals surface area contributed by atoms with Crippen LogP contribution in [0.15, 0.2) is 12.7 Å². The minimum absolute atomic E-state index is 0.233. The van der Waals surface area contributed by atoms with Gasteiger partial charge < -0.3 is 24.5 Å². The van der Waals surface area contributed by atoms with Gasteiger partial charge in [-0.15, -0.1) is 0 Å². The number of imidazole rings is 1. The van der Waals surface area contributed by atoms with Gasteiger partial charge in [-0.05, 0) is 54.4 Å². The van der Waals surface area contributed by atoms with Crippen molar-refractivity contribution in [3.8, 4) is 0 Å². The lowest BCUT2D eigenvalue weighted by Crippen LogP contribution is -2.44. The molecule has 1 fully saturated rings. The molecule has 0 saturated carbocycles. The van der Waals surface area contributed by atoms with E-state index >= 15 is 0 Å². The molecule has 1 saturated heterocycles. The minimum atomic E-state index is -3.58. The smallest absolute Gasteiger partial charge is 0.324 e. The van der Waals surface area contributed by atoms with Crippen LogP contribution < -0.4 is 10.8 Å². The predicted octanol–water partition coefficient (Wildman–Crippen LogP) is 2.31. The SMILES string of the molecule is CC(C)OC(=O)[C@@H](C)N[P@](=O)(CO[C@H](C)Cn1cnc2c(N)ncnc21)N1CCC[C@H]1C(=O)OC(C)C. The van der Waals surface area contributed by atoms with Crippen LogP contribution in [0.4, 0.5) is 5.82 Å². The maximum Gasteiger partial charge on any atom is 0.324 e. The van der Waals surface area contributed by atoms with Crippen LogP contribution in [-0.4, -0.2) is 79.4 Å². The molecule has 0 unspecified atom stereocenters. The highest BCUT2D eigenvalue weighted by molar-refractivity contribution is 7.59. The summed E-state index contributed by atoms with van der Waals surface area (Å²) in [5.41, 5.74) is 6.92. The molecule has 3 heterocycles. The van der Waals surface area contributed by atoms with Crippen molar-refractivity contribution in [1.29, 1.82) is 0 Å². The normalized spacial score (nSPS) is 19.7. The molecule has 2 aromatic heterocycles. The van der Waals surface area contributed by atoms with Crippen LogP contribution in [0.3, 0.4) is 0 Å². The first-order chi connectivity index (χ1) is 17.4. The molecule has 4 atom stereocenters. The van der Waals surface area contributed by atoms with Gasteiger partial charge in [0, 0.05) is 6.54 Å². The molecule has 3 rings (SSSR count). The summed E-state index contributed by atoms with van der Waals surface area (Å²) in [5.74, 6) is -0.699. The highest BCUT2D eigenvalue weighted by Crippen LogP contribution is 2.51. The van der Waals surface area contributed by atoms with Crippen LogP contribution >= 0.6 is 7.44 Å². The molecule has 206 valence electrons. The molecule has 0 amide bonds. The fourth-order valence-corrected chi connectivity index (χ4v) is 6.82. The predicted molar refractivity (Wildman–Crippen MR) is 138 cm³/mol. The Morgan fingerprint density at radius 2 is 1.84 bits per heavy atom. The molecular weight excluding hydrogens is 501 g/mol. The number of nitrogen functional groups attached to an aromatic ring is 1. The van der Waals surface area contributed by atoms with Gasteiger partial charge in [-0.1, -0.05) is 0 Å². The van der Waals surface area contributed by atoms with Gasteiger partial charge in [0.1, 0.15) is 30.3 Å². The molecule has 13 nitrogen and oxygen atoms in total. The van der Waals surface area contributed by atoms with Gasteiger partial charge >= 0.3 is 11.9 Å². The first-order valence-electron chi connectivity index (χ1n) is 12.5. The van der Waals surface area contributed by atoms with Gasteiger partial charge in [0.25, 0.3) is 0 Å². The number of hydrogen-bond donors (Lipinski definition) is 2. The fraction of sp³-hybridized carbons (Fsp3) is 0.696. The van der Waals surface area contributed by atoms with E-state index in [9.17, 15) is 14.2 Å². The van der Waals surface area contributed by atoms with Crippen molar-refractivity contribution in [2.45, 2.75) is 91.3 Å². The van der Waals surface area contributed by atoms with Gasteiger partial charge in [0.2, 0.25) is 7.44 Å². The zero-order chi connectivity index (χ0) is 27.3. The first-order valence-corrected chi connectivity index (χ1v) is 14.3. The monoisotopic (exact) mass is 539 g/mol. The van der Waals surface area contributed by atoms with E-state index in [1.54, 1.807) is 50.2 Å². The standard InChI is InChI=1S/C23H38N7O6P/c1-14(2)35-22(31)17(6)28-37(33,30-9-7-8-18(30)23(32)36-15(3)4)13-34-16(5)10-29-12-27-19-20(24)25-11-26-21(19)29/h11-12,14-18H,7-10,13H2,1-6H3,(H,28,33)(H2,24,25,26)/t16-,17-,18+,37-/m1/s1. The minimum Gasteiger partial charge on any atom is -0.462 e. The summed E-state index contributed by atoms with van der Waals surface area (Å²) >= 11 is 0. The number of esters is 2. The van der Waals surface area contributed by atoms with Crippen LogP contribution in [0.2, 0.25) is 0 Å². The van der Waals surface area contributed by atoms with Gasteiger partial charge in [-0.2, -0.15) is 0 Å². The number of fused-ring (bicyclic) bond motifs is 1. The maximum absolute atomic E-state index is 14.4. The molecule has 1 aliphatic rings. The summed E-state index contributed by atoms with van der Waals surface area (Å²) in [6, 6.07) is -1.59. The molecule has 3 N–H and O–H groups in total. The third-order valence-corrected chi connectivity index (χ3v) is 8.38. The molecule has 0 spiro atoms. The van der Waals surface area contributed by atoms with Crippen LogP contribution in [-0.2, 0) is 34.9 Å². The second-order valence-corrected chi connectivity index (χ2v) is 12.2. The van der Waals surface area contributed by atoms with E-state index in [1.807, 2.05) is 6.92 Å². The van der Waals surface area contributed by atoms with E-state index in [0.717, 1.165) is 0 Å². The second kappa shape index (κ2) is 12.3. The zero-order valence-electron chi connectivity index (χ0n) is 22.3. The molecule has 2 aromatic rings. The first kappa shape index (κ1) is 29.0. The molecule has 14 heteroatoms. The number of hydrogen-bond acceptors (Lipinski definition) is 10. The molecular formula is C23H38N7O6P. The van der Waals surface area contributed by atoms with Crippen molar-refractivity contribution in [3.63, 3.8) is 0 Å². The Balaban J connectivity index is 1.78. The number of rotatable bonds is 12. The van der Waals surface area contributed by atoms with Crippen molar-refractivity contribution in [1.82, 2.24) is 29.3 Å². The van der Waals surface area contributed by atoms with Gasteiger partial charge in [-0.3, -0.25) is 14.2 Å². The molecule has 1 aliphatic heterocycles. The topological polar surface area (TPSA) is 164 Å². The van der Waals surface area contributed by atoms with Crippen molar-refractivity contribution in [2.75, 3.05) is 18.6 Å². The number of aromatic nitrogens is 4. The summed E-state index contributed by atoms with van der Waals surface area (Å²) in [6.07, 6.45) is 2.84.